The first-order valence-corrected chi connectivity index (χ1v) is 8.06. The summed E-state index contributed by atoms with van der Waals surface area (Å²) in [6.45, 7) is 0.618. The molecule has 130 valence electrons. The molecule has 2 aromatic carbocycles. The maximum atomic E-state index is 13.2. The van der Waals surface area contributed by atoms with Crippen LogP contribution in [0.4, 0.5) is 4.39 Å². The Hall–Kier alpha value is -2.73. The number of carbonyl (C=O) groups excluding carboxylic acids is 1. The number of nitrogens with one attached hydrogen (secondary N) is 1. The van der Waals surface area contributed by atoms with E-state index in [1.54, 1.807) is 18.2 Å². The zero-order valence-corrected chi connectivity index (χ0v) is 13.4. The molecule has 0 aromatic heterocycles. The lowest BCUT2D eigenvalue weighted by Crippen LogP contribution is -2.36. The van der Waals surface area contributed by atoms with Gasteiger partial charge in [0.25, 0.3) is 5.91 Å². The van der Waals surface area contributed by atoms with Crippen molar-refractivity contribution in [2.45, 2.75) is 25.0 Å². The first kappa shape index (κ1) is 17.1. The minimum Gasteiger partial charge on any atom is -0.478 e. The van der Waals surface area contributed by atoms with Crippen molar-refractivity contribution in [1.29, 1.82) is 0 Å². The molecule has 0 spiro atoms. The Bertz CT molecular complexity index is 769. The van der Waals surface area contributed by atoms with Crippen LogP contribution in [-0.4, -0.2) is 29.7 Å². The van der Waals surface area contributed by atoms with Crippen molar-refractivity contribution in [3.05, 3.63) is 71.0 Å². The van der Waals surface area contributed by atoms with Crippen molar-refractivity contribution < 1.29 is 23.8 Å². The van der Waals surface area contributed by atoms with Gasteiger partial charge in [0, 0.05) is 12.2 Å². The number of hydrogen-bond acceptors (Lipinski definition) is 3. The van der Waals surface area contributed by atoms with Crippen LogP contribution in [-0.2, 0) is 4.74 Å². The number of hydrogen-bond donors (Lipinski definition) is 2. The highest BCUT2D eigenvalue weighted by Crippen LogP contribution is 2.27. The Labute approximate surface area is 144 Å². The molecule has 25 heavy (non-hydrogen) atoms. The summed E-state index contributed by atoms with van der Waals surface area (Å²) in [4.78, 5) is 23.7. The lowest BCUT2D eigenvalue weighted by Gasteiger charge is -2.25. The second kappa shape index (κ2) is 7.44. The predicted molar refractivity (Wildman–Crippen MR) is 89.0 cm³/mol. The van der Waals surface area contributed by atoms with Crippen LogP contribution in [0.25, 0.3) is 0 Å². The Balaban J connectivity index is 1.84. The van der Waals surface area contributed by atoms with Crippen LogP contribution in [0.3, 0.4) is 0 Å². The Morgan fingerprint density at radius 1 is 1.16 bits per heavy atom. The van der Waals surface area contributed by atoms with Crippen molar-refractivity contribution >= 4 is 11.9 Å². The van der Waals surface area contributed by atoms with E-state index in [-0.39, 0.29) is 23.0 Å². The molecule has 1 aliphatic heterocycles. The highest BCUT2D eigenvalue weighted by atomic mass is 19.1. The molecule has 0 saturated carbocycles. The zero-order valence-electron chi connectivity index (χ0n) is 13.4. The van der Waals surface area contributed by atoms with E-state index in [1.807, 2.05) is 0 Å². The van der Waals surface area contributed by atoms with E-state index in [4.69, 9.17) is 9.84 Å². The molecule has 6 heteroatoms. The molecule has 0 radical (unpaired) electrons. The molecule has 1 aliphatic rings. The quantitative estimate of drug-likeness (QED) is 0.874. The summed E-state index contributed by atoms with van der Waals surface area (Å²) >= 11 is 0. The summed E-state index contributed by atoms with van der Waals surface area (Å²) < 4.78 is 18.9. The Kier molecular flexibility index (Phi) is 5.09. The van der Waals surface area contributed by atoms with Crippen LogP contribution in [0.5, 0.6) is 0 Å². The molecule has 2 aromatic rings. The fourth-order valence-corrected chi connectivity index (χ4v) is 2.94. The van der Waals surface area contributed by atoms with Gasteiger partial charge < -0.3 is 15.2 Å². The van der Waals surface area contributed by atoms with Crippen LogP contribution in [0.2, 0.25) is 0 Å². The number of carbonyl (C=O) groups is 2. The molecular formula is C19H18FNO4. The summed E-state index contributed by atoms with van der Waals surface area (Å²) in [5.41, 5.74) is 1.05. The Morgan fingerprint density at radius 2 is 1.88 bits per heavy atom. The fourth-order valence-electron chi connectivity index (χ4n) is 2.94. The van der Waals surface area contributed by atoms with Gasteiger partial charge >= 0.3 is 5.97 Å². The van der Waals surface area contributed by atoms with E-state index in [2.05, 4.69) is 5.32 Å². The van der Waals surface area contributed by atoms with Gasteiger partial charge in [-0.15, -0.1) is 0 Å². The van der Waals surface area contributed by atoms with E-state index in [1.165, 1.54) is 30.3 Å². The molecule has 1 fully saturated rings. The third-order valence-electron chi connectivity index (χ3n) is 4.22. The minimum atomic E-state index is -1.09. The van der Waals surface area contributed by atoms with E-state index in [0.717, 1.165) is 18.4 Å². The van der Waals surface area contributed by atoms with Gasteiger partial charge in [-0.3, -0.25) is 4.79 Å². The van der Waals surface area contributed by atoms with E-state index in [0.29, 0.717) is 6.61 Å². The number of amides is 1. The third kappa shape index (κ3) is 4.03. The fraction of sp³-hybridized carbons (Fsp3) is 0.263. The number of carboxylic acids is 1. The smallest absolute Gasteiger partial charge is 0.335 e. The van der Waals surface area contributed by atoms with Gasteiger partial charge in [-0.25, -0.2) is 9.18 Å². The topological polar surface area (TPSA) is 75.6 Å². The van der Waals surface area contributed by atoms with Crippen LogP contribution in [0.15, 0.2) is 48.5 Å². The normalized spacial score (nSPS) is 17.9. The van der Waals surface area contributed by atoms with E-state index in [9.17, 15) is 14.0 Å². The average molecular weight is 343 g/mol. The van der Waals surface area contributed by atoms with Gasteiger partial charge in [0.05, 0.1) is 17.7 Å². The highest BCUT2D eigenvalue weighted by molar-refractivity contribution is 5.97. The summed E-state index contributed by atoms with van der Waals surface area (Å²) in [6, 6.07) is 11.3. The molecule has 1 amide bonds. The lowest BCUT2D eigenvalue weighted by molar-refractivity contribution is 0.0672. The van der Waals surface area contributed by atoms with E-state index >= 15 is 0 Å². The molecule has 5 nitrogen and oxygen atoms in total. The van der Waals surface area contributed by atoms with Crippen LogP contribution < -0.4 is 5.32 Å². The first-order valence-electron chi connectivity index (χ1n) is 8.06. The first-order chi connectivity index (χ1) is 12.0. The number of rotatable bonds is 5. The van der Waals surface area contributed by atoms with Crippen LogP contribution in [0.1, 0.15) is 45.2 Å². The van der Waals surface area contributed by atoms with Crippen molar-refractivity contribution in [3.8, 4) is 0 Å². The molecule has 1 heterocycles. The maximum Gasteiger partial charge on any atom is 0.335 e. The number of benzene rings is 2. The standard InChI is InChI=1S/C19H18FNO4/c20-15-8-6-12(7-9-15)17(16-5-2-10-25-16)21-18(22)13-3-1-4-14(11-13)19(23)24/h1,3-4,6-9,11,16-17H,2,5,10H2,(H,21,22)(H,23,24). The monoisotopic (exact) mass is 343 g/mol. The van der Waals surface area contributed by atoms with Gasteiger partial charge in [0.15, 0.2) is 0 Å². The summed E-state index contributed by atoms with van der Waals surface area (Å²) in [5.74, 6) is -1.84. The molecule has 2 atom stereocenters. The van der Waals surface area contributed by atoms with Crippen molar-refractivity contribution in [3.63, 3.8) is 0 Å². The predicted octanol–water partition coefficient (Wildman–Crippen LogP) is 3.17. The number of halogens is 1. The van der Waals surface area contributed by atoms with Crippen molar-refractivity contribution in [2.24, 2.45) is 0 Å². The second-order valence-electron chi connectivity index (χ2n) is 5.94. The largest absolute Gasteiger partial charge is 0.478 e. The third-order valence-corrected chi connectivity index (χ3v) is 4.22. The Morgan fingerprint density at radius 3 is 2.52 bits per heavy atom. The van der Waals surface area contributed by atoms with E-state index < -0.39 is 17.9 Å². The number of ether oxygens (including phenoxy) is 1. The van der Waals surface area contributed by atoms with Gasteiger partial charge in [0.1, 0.15) is 5.82 Å². The van der Waals surface area contributed by atoms with Crippen LogP contribution >= 0.6 is 0 Å². The molecule has 0 aliphatic carbocycles. The van der Waals surface area contributed by atoms with Gasteiger partial charge in [-0.2, -0.15) is 0 Å². The summed E-state index contributed by atoms with van der Waals surface area (Å²) in [7, 11) is 0. The average Bonchev–Trinajstić information content (AvgIpc) is 3.15. The van der Waals surface area contributed by atoms with Crippen molar-refractivity contribution in [1.82, 2.24) is 5.32 Å². The molecule has 1 saturated heterocycles. The van der Waals surface area contributed by atoms with Gasteiger partial charge in [-0.05, 0) is 48.7 Å². The highest BCUT2D eigenvalue weighted by Gasteiger charge is 2.29. The molecule has 0 bridgehead atoms. The second-order valence-corrected chi connectivity index (χ2v) is 5.94. The van der Waals surface area contributed by atoms with Gasteiger partial charge in [-0.1, -0.05) is 18.2 Å². The lowest BCUT2D eigenvalue weighted by atomic mass is 9.98. The molecule has 3 rings (SSSR count). The summed E-state index contributed by atoms with van der Waals surface area (Å²) in [5, 5.41) is 12.0. The summed E-state index contributed by atoms with van der Waals surface area (Å²) in [6.07, 6.45) is 1.49. The molecule has 2 unspecified atom stereocenters. The minimum absolute atomic E-state index is 0.0445. The van der Waals surface area contributed by atoms with Gasteiger partial charge in [0.2, 0.25) is 0 Å². The van der Waals surface area contributed by atoms with Crippen molar-refractivity contribution in [2.75, 3.05) is 6.61 Å². The van der Waals surface area contributed by atoms with Crippen LogP contribution in [0, 0.1) is 5.82 Å². The zero-order chi connectivity index (χ0) is 17.8. The SMILES string of the molecule is O=C(O)c1cccc(C(=O)NC(c2ccc(F)cc2)C2CCCO2)c1. The molecular weight excluding hydrogens is 325 g/mol. The number of aromatic carboxylic acids is 1. The molecule has 2 N–H and O–H groups in total. The maximum absolute atomic E-state index is 13.2. The number of carboxylic acid groups (broad SMARTS) is 1.